The molecule has 0 saturated carbocycles. The Morgan fingerprint density at radius 1 is 0.941 bits per heavy atom. The standard InChI is InChI=1S/C26H21F2NO5/c1-33-20-12-9-16(13-21(20)34-2)24(30)22-23(18-5-3-4-6-19(18)28)29(26(32)25(22)31)14-15-7-10-17(27)11-8-15/h3-13,23,30H,14H2,1-2H3/b24-22+. The summed E-state index contributed by atoms with van der Waals surface area (Å²) in [5.74, 6) is -2.73. The van der Waals surface area contributed by atoms with Gasteiger partial charge in [-0.3, -0.25) is 9.59 Å². The number of rotatable bonds is 6. The second kappa shape index (κ2) is 9.35. The summed E-state index contributed by atoms with van der Waals surface area (Å²) in [5.41, 5.74) is 0.518. The molecule has 174 valence electrons. The van der Waals surface area contributed by atoms with Gasteiger partial charge in [-0.1, -0.05) is 30.3 Å². The highest BCUT2D eigenvalue weighted by Crippen LogP contribution is 2.42. The maximum absolute atomic E-state index is 14.9. The monoisotopic (exact) mass is 465 g/mol. The number of likely N-dealkylation sites (tertiary alicyclic amines) is 1. The molecule has 6 nitrogen and oxygen atoms in total. The molecule has 0 aromatic heterocycles. The molecular formula is C26H21F2NO5. The number of amides is 1. The lowest BCUT2D eigenvalue weighted by Crippen LogP contribution is -2.29. The number of hydrogen-bond acceptors (Lipinski definition) is 5. The van der Waals surface area contributed by atoms with Crippen molar-refractivity contribution in [2.75, 3.05) is 14.2 Å². The summed E-state index contributed by atoms with van der Waals surface area (Å²) >= 11 is 0. The number of methoxy groups -OCH3 is 2. The van der Waals surface area contributed by atoms with Crippen LogP contribution in [0.5, 0.6) is 11.5 Å². The molecule has 1 amide bonds. The molecule has 34 heavy (non-hydrogen) atoms. The van der Waals surface area contributed by atoms with Gasteiger partial charge in [-0.05, 0) is 42.0 Å². The topological polar surface area (TPSA) is 76.1 Å². The summed E-state index contributed by atoms with van der Waals surface area (Å²) in [7, 11) is 2.87. The summed E-state index contributed by atoms with van der Waals surface area (Å²) in [6, 6.07) is 14.4. The number of benzene rings is 3. The molecule has 3 aromatic carbocycles. The van der Waals surface area contributed by atoms with Crippen LogP contribution in [0.25, 0.3) is 5.76 Å². The number of carbonyl (C=O) groups is 2. The molecule has 0 radical (unpaired) electrons. The molecule has 3 aromatic rings. The molecule has 0 spiro atoms. The number of ketones is 1. The van der Waals surface area contributed by atoms with E-state index in [9.17, 15) is 23.5 Å². The predicted octanol–water partition coefficient (Wildman–Crippen LogP) is 4.60. The predicted molar refractivity (Wildman–Crippen MR) is 120 cm³/mol. The first-order valence-electron chi connectivity index (χ1n) is 10.4. The van der Waals surface area contributed by atoms with Crippen LogP contribution in [-0.4, -0.2) is 35.9 Å². The van der Waals surface area contributed by atoms with Gasteiger partial charge in [-0.15, -0.1) is 0 Å². The number of ether oxygens (including phenoxy) is 2. The highest BCUT2D eigenvalue weighted by Gasteiger charge is 2.47. The lowest BCUT2D eigenvalue weighted by atomic mass is 9.94. The van der Waals surface area contributed by atoms with Crippen molar-refractivity contribution in [1.29, 1.82) is 0 Å². The van der Waals surface area contributed by atoms with Gasteiger partial charge in [-0.25, -0.2) is 8.78 Å². The number of aliphatic hydroxyl groups excluding tert-OH is 1. The highest BCUT2D eigenvalue weighted by molar-refractivity contribution is 6.46. The van der Waals surface area contributed by atoms with E-state index >= 15 is 0 Å². The summed E-state index contributed by atoms with van der Waals surface area (Å²) in [6.45, 7) is -0.0907. The van der Waals surface area contributed by atoms with Crippen LogP contribution in [0.3, 0.4) is 0 Å². The van der Waals surface area contributed by atoms with E-state index in [0.29, 0.717) is 17.1 Å². The Morgan fingerprint density at radius 2 is 1.62 bits per heavy atom. The molecule has 1 atom stereocenters. The van der Waals surface area contributed by atoms with E-state index in [1.165, 1.54) is 73.7 Å². The summed E-state index contributed by atoms with van der Waals surface area (Å²) in [4.78, 5) is 27.3. The third kappa shape index (κ3) is 4.10. The lowest BCUT2D eigenvalue weighted by Gasteiger charge is -2.25. The second-order valence-corrected chi connectivity index (χ2v) is 7.64. The molecule has 1 aliphatic heterocycles. The van der Waals surface area contributed by atoms with Gasteiger partial charge < -0.3 is 19.5 Å². The van der Waals surface area contributed by atoms with E-state index in [-0.39, 0.29) is 23.2 Å². The summed E-state index contributed by atoms with van der Waals surface area (Å²) in [5, 5.41) is 11.1. The first-order chi connectivity index (χ1) is 16.3. The first-order valence-corrected chi connectivity index (χ1v) is 10.4. The quantitative estimate of drug-likeness (QED) is 0.327. The van der Waals surface area contributed by atoms with Crippen LogP contribution in [0.4, 0.5) is 8.78 Å². The van der Waals surface area contributed by atoms with Crippen molar-refractivity contribution in [3.63, 3.8) is 0 Å². The van der Waals surface area contributed by atoms with Gasteiger partial charge in [0, 0.05) is 17.7 Å². The van der Waals surface area contributed by atoms with Crippen molar-refractivity contribution < 1.29 is 33.0 Å². The third-order valence-electron chi connectivity index (χ3n) is 5.66. The van der Waals surface area contributed by atoms with E-state index in [1.807, 2.05) is 0 Å². The van der Waals surface area contributed by atoms with Crippen molar-refractivity contribution >= 4 is 17.4 Å². The number of nitrogens with zero attached hydrogens (tertiary/aromatic N) is 1. The zero-order valence-corrected chi connectivity index (χ0v) is 18.4. The van der Waals surface area contributed by atoms with Gasteiger partial charge in [0.1, 0.15) is 17.4 Å². The SMILES string of the molecule is COc1ccc(/C(O)=C2\C(=O)C(=O)N(Cc3ccc(F)cc3)C2c2ccccc2F)cc1OC. The molecule has 4 rings (SSSR count). The van der Waals surface area contributed by atoms with Gasteiger partial charge in [0.15, 0.2) is 11.5 Å². The number of hydrogen-bond donors (Lipinski definition) is 1. The molecular weight excluding hydrogens is 444 g/mol. The largest absolute Gasteiger partial charge is 0.507 e. The average Bonchev–Trinajstić information content (AvgIpc) is 3.09. The molecule has 8 heteroatoms. The maximum Gasteiger partial charge on any atom is 0.295 e. The number of halogens is 2. The zero-order chi connectivity index (χ0) is 24.4. The van der Waals surface area contributed by atoms with Gasteiger partial charge >= 0.3 is 0 Å². The number of Topliss-reactive ketones (excluding diaryl/α,β-unsaturated/α-hetero) is 1. The van der Waals surface area contributed by atoms with Crippen molar-refractivity contribution in [2.45, 2.75) is 12.6 Å². The van der Waals surface area contributed by atoms with Gasteiger partial charge in [-0.2, -0.15) is 0 Å². The Hall–Kier alpha value is -4.20. The molecule has 0 bridgehead atoms. The van der Waals surface area contributed by atoms with E-state index in [2.05, 4.69) is 0 Å². The minimum atomic E-state index is -1.20. The fourth-order valence-corrected chi connectivity index (χ4v) is 3.99. The van der Waals surface area contributed by atoms with Gasteiger partial charge in [0.2, 0.25) is 0 Å². The Balaban J connectivity index is 1.88. The minimum absolute atomic E-state index is 0.0471. The molecule has 1 heterocycles. The highest BCUT2D eigenvalue weighted by atomic mass is 19.1. The van der Waals surface area contributed by atoms with Crippen LogP contribution in [-0.2, 0) is 16.1 Å². The maximum atomic E-state index is 14.9. The van der Waals surface area contributed by atoms with Gasteiger partial charge in [0.25, 0.3) is 11.7 Å². The Morgan fingerprint density at radius 3 is 2.26 bits per heavy atom. The second-order valence-electron chi connectivity index (χ2n) is 7.64. The van der Waals surface area contributed by atoms with Crippen LogP contribution in [0.2, 0.25) is 0 Å². The fourth-order valence-electron chi connectivity index (χ4n) is 3.99. The summed E-state index contributed by atoms with van der Waals surface area (Å²) < 4.78 is 38.7. The number of aliphatic hydroxyl groups is 1. The Labute approximate surface area is 194 Å². The molecule has 1 N–H and O–H groups in total. The molecule has 1 saturated heterocycles. The normalized spacial score (nSPS) is 17.2. The lowest BCUT2D eigenvalue weighted by molar-refractivity contribution is -0.140. The van der Waals surface area contributed by atoms with Crippen molar-refractivity contribution in [2.24, 2.45) is 0 Å². The fraction of sp³-hybridized carbons (Fsp3) is 0.154. The van der Waals surface area contributed by atoms with E-state index in [1.54, 1.807) is 12.1 Å². The van der Waals surface area contributed by atoms with Gasteiger partial charge in [0.05, 0.1) is 25.8 Å². The summed E-state index contributed by atoms with van der Waals surface area (Å²) in [6.07, 6.45) is 0. The smallest absolute Gasteiger partial charge is 0.295 e. The van der Waals surface area contributed by atoms with E-state index in [4.69, 9.17) is 9.47 Å². The first kappa shape index (κ1) is 23.0. The Bertz CT molecular complexity index is 1290. The molecule has 1 aliphatic rings. The third-order valence-corrected chi connectivity index (χ3v) is 5.66. The van der Waals surface area contributed by atoms with Crippen LogP contribution in [0.1, 0.15) is 22.7 Å². The van der Waals surface area contributed by atoms with Crippen LogP contribution in [0, 0.1) is 11.6 Å². The van der Waals surface area contributed by atoms with Crippen molar-refractivity contribution in [1.82, 2.24) is 4.90 Å². The molecule has 0 aliphatic carbocycles. The van der Waals surface area contributed by atoms with E-state index in [0.717, 1.165) is 0 Å². The average molecular weight is 465 g/mol. The van der Waals surface area contributed by atoms with Crippen LogP contribution >= 0.6 is 0 Å². The van der Waals surface area contributed by atoms with Crippen molar-refractivity contribution in [3.8, 4) is 11.5 Å². The Kier molecular flexibility index (Phi) is 6.32. The van der Waals surface area contributed by atoms with Crippen LogP contribution in [0.15, 0.2) is 72.3 Å². The van der Waals surface area contributed by atoms with E-state index < -0.39 is 35.1 Å². The minimum Gasteiger partial charge on any atom is -0.507 e. The van der Waals surface area contributed by atoms with Crippen LogP contribution < -0.4 is 9.47 Å². The molecule has 1 unspecified atom stereocenters. The number of carbonyl (C=O) groups excluding carboxylic acids is 2. The zero-order valence-electron chi connectivity index (χ0n) is 18.4. The van der Waals surface area contributed by atoms with Crippen molar-refractivity contribution in [3.05, 3.63) is 101 Å². The molecule has 1 fully saturated rings.